The number of thiophene rings is 1. The number of aromatic nitrogens is 3. The first-order valence-corrected chi connectivity index (χ1v) is 14.6. The van der Waals surface area contributed by atoms with Crippen molar-refractivity contribution in [3.05, 3.63) is 52.3 Å². The highest BCUT2D eigenvalue weighted by Gasteiger charge is 2.29. The van der Waals surface area contributed by atoms with Crippen molar-refractivity contribution in [3.63, 3.8) is 0 Å². The fourth-order valence-corrected chi connectivity index (χ4v) is 7.04. The van der Waals surface area contributed by atoms with Crippen molar-refractivity contribution >= 4 is 44.2 Å². The van der Waals surface area contributed by atoms with Crippen LogP contribution in [0.4, 0.5) is 19.0 Å². The molecule has 12 heteroatoms. The van der Waals surface area contributed by atoms with Crippen molar-refractivity contribution in [1.82, 2.24) is 24.8 Å². The fraction of sp³-hybridized carbons (Fsp3) is 0.448. The van der Waals surface area contributed by atoms with Crippen LogP contribution in [0.2, 0.25) is 0 Å². The van der Waals surface area contributed by atoms with Gasteiger partial charge in [0.25, 0.3) is 0 Å². The molecule has 2 aliphatic rings. The number of piperidine rings is 1. The van der Waals surface area contributed by atoms with Gasteiger partial charge in [0.1, 0.15) is 28.7 Å². The maximum Gasteiger partial charge on any atom is 0.393 e. The number of carbonyl (C=O) groups excluding carboxylic acids is 1. The number of benzene rings is 1. The van der Waals surface area contributed by atoms with Crippen LogP contribution in [0.5, 0.6) is 0 Å². The summed E-state index contributed by atoms with van der Waals surface area (Å²) in [5.41, 5.74) is 4.01. The highest BCUT2D eigenvalue weighted by molar-refractivity contribution is 7.18. The molecule has 0 radical (unpaired) electrons. The van der Waals surface area contributed by atoms with Gasteiger partial charge in [0, 0.05) is 66.9 Å². The molecule has 3 aromatic heterocycles. The van der Waals surface area contributed by atoms with Crippen molar-refractivity contribution in [2.24, 2.45) is 5.92 Å². The molecule has 0 aliphatic carbocycles. The van der Waals surface area contributed by atoms with Crippen molar-refractivity contribution < 1.29 is 18.0 Å². The first kappa shape index (κ1) is 27.5. The van der Waals surface area contributed by atoms with Crippen LogP contribution in [0.3, 0.4) is 0 Å². The fourth-order valence-electron chi connectivity index (χ4n) is 6.01. The summed E-state index contributed by atoms with van der Waals surface area (Å²) in [5, 5.41) is 17.8. The predicted octanol–water partition coefficient (Wildman–Crippen LogP) is 5.14. The second kappa shape index (κ2) is 10.9. The molecule has 5 heterocycles. The van der Waals surface area contributed by atoms with Gasteiger partial charge in [0.05, 0.1) is 11.8 Å². The van der Waals surface area contributed by atoms with Crippen molar-refractivity contribution in [1.29, 1.82) is 5.26 Å². The van der Waals surface area contributed by atoms with E-state index < -0.39 is 12.6 Å². The number of fused-ring (bicyclic) bond motifs is 2. The van der Waals surface area contributed by atoms with E-state index in [9.17, 15) is 23.2 Å². The van der Waals surface area contributed by atoms with Crippen LogP contribution in [-0.4, -0.2) is 57.2 Å². The molecule has 0 bridgehead atoms. The molecule has 2 N–H and O–H groups in total. The zero-order valence-corrected chi connectivity index (χ0v) is 23.4. The Kier molecular flexibility index (Phi) is 7.34. The maximum atomic E-state index is 12.9. The average molecular weight is 582 g/mol. The Labute approximate surface area is 239 Å². The van der Waals surface area contributed by atoms with Gasteiger partial charge in [-0.1, -0.05) is 6.07 Å². The Balaban J connectivity index is 1.11. The number of alkyl halides is 3. The number of nitriles is 1. The Morgan fingerprint density at radius 3 is 2.71 bits per heavy atom. The van der Waals surface area contributed by atoms with Gasteiger partial charge in [-0.3, -0.25) is 9.69 Å². The van der Waals surface area contributed by atoms with Gasteiger partial charge in [-0.05, 0) is 49.1 Å². The summed E-state index contributed by atoms with van der Waals surface area (Å²) in [6.07, 6.45) is -1.56. The summed E-state index contributed by atoms with van der Waals surface area (Å²) in [6.45, 7) is 5.93. The quantitative estimate of drug-likeness (QED) is 0.314. The monoisotopic (exact) mass is 581 g/mol. The first-order valence-electron chi connectivity index (χ1n) is 13.7. The molecule has 0 spiro atoms. The second-order valence-electron chi connectivity index (χ2n) is 11.0. The minimum absolute atomic E-state index is 0.0641. The van der Waals surface area contributed by atoms with Crippen LogP contribution in [0.15, 0.2) is 30.6 Å². The number of halogens is 3. The summed E-state index contributed by atoms with van der Waals surface area (Å²) in [7, 11) is 0. The molecular weight excluding hydrogens is 551 g/mol. The van der Waals surface area contributed by atoms with E-state index in [1.807, 2.05) is 10.6 Å². The van der Waals surface area contributed by atoms with Gasteiger partial charge < -0.3 is 15.2 Å². The number of hydrogen-bond acceptors (Lipinski definition) is 7. The zero-order chi connectivity index (χ0) is 28.7. The molecular formula is C29H30F3N7OS. The lowest BCUT2D eigenvalue weighted by Gasteiger charge is -2.33. The molecule has 8 nitrogen and oxygen atoms in total. The molecule has 2 aliphatic heterocycles. The van der Waals surface area contributed by atoms with Gasteiger partial charge in [0.2, 0.25) is 5.91 Å². The Morgan fingerprint density at radius 2 is 2.00 bits per heavy atom. The summed E-state index contributed by atoms with van der Waals surface area (Å²) >= 11 is 1.06. The van der Waals surface area contributed by atoms with Crippen molar-refractivity contribution in [2.75, 3.05) is 25.0 Å². The molecule has 0 saturated carbocycles. The number of aryl methyl sites for hydroxylation is 1. The molecule has 4 aromatic rings. The summed E-state index contributed by atoms with van der Waals surface area (Å²) in [5.74, 6) is 0.837. The molecule has 1 unspecified atom stereocenters. The van der Waals surface area contributed by atoms with Crippen molar-refractivity contribution in [3.8, 4) is 6.07 Å². The molecule has 2 fully saturated rings. The lowest BCUT2D eigenvalue weighted by atomic mass is 10.0. The van der Waals surface area contributed by atoms with E-state index in [-0.39, 0.29) is 22.7 Å². The smallest absolute Gasteiger partial charge is 0.367 e. The number of amides is 1. The van der Waals surface area contributed by atoms with Gasteiger partial charge in [-0.2, -0.15) is 18.4 Å². The molecule has 41 heavy (non-hydrogen) atoms. The van der Waals surface area contributed by atoms with Gasteiger partial charge in [0.15, 0.2) is 0 Å². The highest BCUT2D eigenvalue weighted by atomic mass is 32.1. The second-order valence-corrected chi connectivity index (χ2v) is 12.2. The standard InChI is InChI=1S/C29H30F3N7OS/c1-17-19(2-3-25-23(17)9-21(12-33)39(25)14-18-8-26(40)34-13-18)15-38-6-4-20(5-7-38)37-27-24-10-22(11-29(30,31)32)41-28(24)36-16-35-27/h2-3,9-10,16,18,20H,4-8,11,13-15H2,1H3,(H,34,40)(H,35,36,37). The molecule has 1 amide bonds. The van der Waals surface area contributed by atoms with Crippen molar-refractivity contribution in [2.45, 2.75) is 57.9 Å². The number of hydrogen-bond donors (Lipinski definition) is 2. The Hall–Kier alpha value is -3.69. The first-order chi connectivity index (χ1) is 19.7. The average Bonchev–Trinajstić information content (AvgIpc) is 3.63. The number of carbonyl (C=O) groups is 1. The third-order valence-electron chi connectivity index (χ3n) is 8.16. The van der Waals surface area contributed by atoms with Crippen LogP contribution >= 0.6 is 11.3 Å². The molecule has 214 valence electrons. The van der Waals surface area contributed by atoms with E-state index in [2.05, 4.69) is 50.6 Å². The SMILES string of the molecule is Cc1c(CN2CCC(Nc3ncnc4sc(CC(F)(F)F)cc34)CC2)ccc2c1cc(C#N)n2CC1CNC(=O)C1. The van der Waals surface area contributed by atoms with E-state index in [4.69, 9.17) is 0 Å². The molecule has 1 aromatic carbocycles. The van der Waals surface area contributed by atoms with E-state index in [1.165, 1.54) is 11.9 Å². The van der Waals surface area contributed by atoms with Gasteiger partial charge in [-0.25, -0.2) is 9.97 Å². The number of rotatable bonds is 7. The highest BCUT2D eigenvalue weighted by Crippen LogP contribution is 2.33. The van der Waals surface area contributed by atoms with Crippen LogP contribution in [0.1, 0.15) is 41.0 Å². The van der Waals surface area contributed by atoms with Gasteiger partial charge >= 0.3 is 6.18 Å². The van der Waals surface area contributed by atoms with Gasteiger partial charge in [-0.15, -0.1) is 11.3 Å². The maximum absolute atomic E-state index is 12.9. The number of nitrogens with one attached hydrogen (secondary N) is 2. The summed E-state index contributed by atoms with van der Waals surface area (Å²) in [6, 6.07) is 10.2. The van der Waals surface area contributed by atoms with E-state index in [1.54, 1.807) is 6.07 Å². The summed E-state index contributed by atoms with van der Waals surface area (Å²) < 4.78 is 40.7. The minimum Gasteiger partial charge on any atom is -0.367 e. The molecule has 1 atom stereocenters. The van der Waals surface area contributed by atoms with Crippen LogP contribution in [-0.2, 0) is 24.3 Å². The lowest BCUT2D eigenvalue weighted by Crippen LogP contribution is -2.39. The normalized spacial score (nSPS) is 18.7. The minimum atomic E-state index is -4.26. The van der Waals surface area contributed by atoms with Crippen LogP contribution < -0.4 is 10.6 Å². The van der Waals surface area contributed by atoms with E-state index >= 15 is 0 Å². The largest absolute Gasteiger partial charge is 0.393 e. The number of anilines is 1. The third kappa shape index (κ3) is 5.87. The number of likely N-dealkylation sites (tertiary alicyclic amines) is 1. The zero-order valence-electron chi connectivity index (χ0n) is 22.6. The van der Waals surface area contributed by atoms with E-state index in [0.29, 0.717) is 41.2 Å². The molecule has 6 rings (SSSR count). The lowest BCUT2D eigenvalue weighted by molar-refractivity contribution is -0.126. The summed E-state index contributed by atoms with van der Waals surface area (Å²) in [4.78, 5) is 23.4. The number of nitrogens with zero attached hydrogens (tertiary/aromatic N) is 5. The Morgan fingerprint density at radius 1 is 1.20 bits per heavy atom. The molecule has 2 saturated heterocycles. The van der Waals surface area contributed by atoms with Crippen LogP contribution in [0, 0.1) is 24.2 Å². The van der Waals surface area contributed by atoms with Crippen LogP contribution in [0.25, 0.3) is 21.1 Å². The predicted molar refractivity (Wildman–Crippen MR) is 152 cm³/mol. The van der Waals surface area contributed by atoms with E-state index in [0.717, 1.165) is 60.3 Å². The topological polar surface area (TPSA) is 98.9 Å². The third-order valence-corrected chi connectivity index (χ3v) is 9.20. The Bertz CT molecular complexity index is 1650.